The Kier molecular flexibility index (Phi) is 5.67. The van der Waals surface area contributed by atoms with Crippen LogP contribution in [0.15, 0.2) is 12.1 Å². The quantitative estimate of drug-likeness (QED) is 0.478. The largest absolute Gasteiger partial charge is 0.464 e. The number of nitrogens with one attached hydrogen (secondary N) is 1. The van der Waals surface area contributed by atoms with Crippen LogP contribution in [0, 0.1) is 0 Å². The van der Waals surface area contributed by atoms with Gasteiger partial charge in [-0.1, -0.05) is 22.6 Å². The van der Waals surface area contributed by atoms with Crippen molar-refractivity contribution in [2.45, 2.75) is 0 Å². The van der Waals surface area contributed by atoms with Crippen LogP contribution in [0.3, 0.4) is 0 Å². The lowest BCUT2D eigenvalue weighted by Gasteiger charge is -2.07. The highest BCUT2D eigenvalue weighted by Gasteiger charge is 2.16. The van der Waals surface area contributed by atoms with Crippen LogP contribution < -0.4 is 5.32 Å². The molecule has 0 aliphatic carbocycles. The summed E-state index contributed by atoms with van der Waals surface area (Å²) in [4.78, 5) is 38.0. The molecule has 1 heterocycles. The second-order valence-electron chi connectivity index (χ2n) is 3.29. The first kappa shape index (κ1) is 15.3. The normalized spacial score (nSPS) is 9.63. The summed E-state index contributed by atoms with van der Waals surface area (Å²) >= 11 is 1.89. The van der Waals surface area contributed by atoms with Crippen molar-refractivity contribution < 1.29 is 23.9 Å². The molecular weight excluding hydrogens is 367 g/mol. The number of hydrogen-bond acceptors (Lipinski definition) is 6. The van der Waals surface area contributed by atoms with Gasteiger partial charge in [-0.25, -0.2) is 14.6 Å². The molecule has 0 fully saturated rings. The molecular formula is C11H11IN2O5. The molecule has 7 nitrogen and oxygen atoms in total. The second-order valence-corrected chi connectivity index (χ2v) is 4.05. The summed E-state index contributed by atoms with van der Waals surface area (Å²) in [5, 5.41) is 2.53. The van der Waals surface area contributed by atoms with Crippen LogP contribution in [0.1, 0.15) is 21.0 Å². The average Bonchev–Trinajstić information content (AvgIpc) is 2.44. The highest BCUT2D eigenvalue weighted by Crippen LogP contribution is 2.14. The monoisotopic (exact) mass is 378 g/mol. The molecule has 0 aliphatic rings. The number of ether oxygens (including phenoxy) is 2. The van der Waals surface area contributed by atoms with Gasteiger partial charge in [0.2, 0.25) is 5.91 Å². The van der Waals surface area contributed by atoms with E-state index in [4.69, 9.17) is 0 Å². The molecule has 0 aromatic carbocycles. The molecule has 1 amide bonds. The molecule has 0 aliphatic heterocycles. The number of carbonyl (C=O) groups excluding carboxylic acids is 3. The summed E-state index contributed by atoms with van der Waals surface area (Å²) in [7, 11) is 2.38. The zero-order chi connectivity index (χ0) is 14.4. The molecule has 0 radical (unpaired) electrons. The lowest BCUT2D eigenvalue weighted by molar-refractivity contribution is -0.113. The number of amides is 1. The first-order valence-corrected chi connectivity index (χ1v) is 6.59. The maximum Gasteiger partial charge on any atom is 0.356 e. The van der Waals surface area contributed by atoms with Gasteiger partial charge in [0.25, 0.3) is 0 Å². The van der Waals surface area contributed by atoms with E-state index in [0.29, 0.717) is 0 Å². The molecule has 0 bridgehead atoms. The molecule has 0 spiro atoms. The number of pyridine rings is 1. The molecule has 1 N–H and O–H groups in total. The highest BCUT2D eigenvalue weighted by atomic mass is 127. The fraction of sp³-hybridized carbons (Fsp3) is 0.273. The number of anilines is 1. The van der Waals surface area contributed by atoms with Crippen molar-refractivity contribution in [1.82, 2.24) is 4.98 Å². The zero-order valence-corrected chi connectivity index (χ0v) is 12.4. The number of aromatic nitrogens is 1. The van der Waals surface area contributed by atoms with Crippen molar-refractivity contribution in [2.24, 2.45) is 0 Å². The minimum absolute atomic E-state index is 0.0887. The summed E-state index contributed by atoms with van der Waals surface area (Å²) in [6.07, 6.45) is 0. The van der Waals surface area contributed by atoms with Gasteiger partial charge in [-0.3, -0.25) is 4.79 Å². The van der Waals surface area contributed by atoms with E-state index in [1.165, 1.54) is 26.4 Å². The maximum atomic E-state index is 11.4. The Labute approximate surface area is 122 Å². The van der Waals surface area contributed by atoms with Crippen LogP contribution in [-0.4, -0.2) is 41.5 Å². The van der Waals surface area contributed by atoms with Crippen LogP contribution in [0.4, 0.5) is 5.69 Å². The zero-order valence-electron chi connectivity index (χ0n) is 10.2. The third-order valence-corrected chi connectivity index (χ3v) is 2.71. The summed E-state index contributed by atoms with van der Waals surface area (Å²) < 4.78 is 9.28. The highest BCUT2D eigenvalue weighted by molar-refractivity contribution is 14.1. The van der Waals surface area contributed by atoms with Crippen LogP contribution in [0.2, 0.25) is 0 Å². The van der Waals surface area contributed by atoms with Crippen molar-refractivity contribution in [2.75, 3.05) is 24.0 Å². The smallest absolute Gasteiger partial charge is 0.356 e. The standard InChI is InChI=1S/C11H11IN2O5/c1-18-10(16)7-3-6(13-9(15)5-12)4-8(14-7)11(17)19-2/h3-4H,5H2,1-2H3,(H,13,14,15). The van der Waals surface area contributed by atoms with Gasteiger partial charge in [-0.2, -0.15) is 0 Å². The number of hydrogen-bond donors (Lipinski definition) is 1. The average molecular weight is 378 g/mol. The first-order valence-electron chi connectivity index (χ1n) is 5.06. The van der Waals surface area contributed by atoms with E-state index in [2.05, 4.69) is 19.8 Å². The number of rotatable bonds is 4. The topological polar surface area (TPSA) is 94.6 Å². The van der Waals surface area contributed by atoms with E-state index in [1.807, 2.05) is 22.6 Å². The van der Waals surface area contributed by atoms with Crippen LogP contribution in [0.5, 0.6) is 0 Å². The minimum Gasteiger partial charge on any atom is -0.464 e. The van der Waals surface area contributed by atoms with E-state index in [0.717, 1.165) is 0 Å². The molecule has 19 heavy (non-hydrogen) atoms. The van der Waals surface area contributed by atoms with E-state index in [1.54, 1.807) is 0 Å². The number of nitrogens with zero attached hydrogens (tertiary/aromatic N) is 1. The third kappa shape index (κ3) is 4.16. The molecule has 1 aromatic rings. The summed E-state index contributed by atoms with van der Waals surface area (Å²) in [6.45, 7) is 0. The molecule has 0 saturated heterocycles. The molecule has 1 aromatic heterocycles. The molecule has 0 atom stereocenters. The van der Waals surface area contributed by atoms with Crippen LogP contribution >= 0.6 is 22.6 Å². The Bertz CT molecular complexity index is 484. The van der Waals surface area contributed by atoms with Gasteiger partial charge in [-0.15, -0.1) is 0 Å². The van der Waals surface area contributed by atoms with Gasteiger partial charge in [0.15, 0.2) is 11.4 Å². The first-order chi connectivity index (χ1) is 9.01. The Hall–Kier alpha value is -1.71. The molecule has 8 heteroatoms. The lowest BCUT2D eigenvalue weighted by atomic mass is 10.2. The van der Waals surface area contributed by atoms with E-state index in [-0.39, 0.29) is 27.4 Å². The number of esters is 2. The predicted molar refractivity (Wildman–Crippen MR) is 74.4 cm³/mol. The lowest BCUT2D eigenvalue weighted by Crippen LogP contribution is -2.16. The summed E-state index contributed by atoms with van der Waals surface area (Å²) in [5.74, 6) is -1.69. The number of carbonyl (C=O) groups is 3. The Morgan fingerprint density at radius 2 is 1.63 bits per heavy atom. The SMILES string of the molecule is COC(=O)c1cc(NC(=O)CI)cc(C(=O)OC)n1. The Morgan fingerprint density at radius 3 is 2.00 bits per heavy atom. The second kappa shape index (κ2) is 7.02. The van der Waals surface area contributed by atoms with Crippen molar-refractivity contribution in [3.63, 3.8) is 0 Å². The third-order valence-electron chi connectivity index (χ3n) is 2.02. The number of alkyl halides is 1. The van der Waals surface area contributed by atoms with E-state index < -0.39 is 11.9 Å². The minimum atomic E-state index is -0.712. The van der Waals surface area contributed by atoms with E-state index >= 15 is 0 Å². The molecule has 102 valence electrons. The van der Waals surface area contributed by atoms with Gasteiger partial charge in [0.1, 0.15) is 0 Å². The fourth-order valence-electron chi connectivity index (χ4n) is 1.22. The van der Waals surface area contributed by atoms with Crippen LogP contribution in [0.25, 0.3) is 0 Å². The van der Waals surface area contributed by atoms with Crippen molar-refractivity contribution >= 4 is 46.1 Å². The van der Waals surface area contributed by atoms with Gasteiger partial charge in [0.05, 0.1) is 18.6 Å². The van der Waals surface area contributed by atoms with E-state index in [9.17, 15) is 14.4 Å². The maximum absolute atomic E-state index is 11.4. The molecule has 0 saturated carbocycles. The predicted octanol–water partition coefficient (Wildman–Crippen LogP) is 1.03. The van der Waals surface area contributed by atoms with Crippen molar-refractivity contribution in [3.8, 4) is 0 Å². The van der Waals surface area contributed by atoms with Gasteiger partial charge < -0.3 is 14.8 Å². The van der Waals surface area contributed by atoms with Crippen molar-refractivity contribution in [3.05, 3.63) is 23.5 Å². The molecule has 0 unspecified atom stereocenters. The summed E-state index contributed by atoms with van der Waals surface area (Å²) in [5.41, 5.74) is 0.0979. The Morgan fingerprint density at radius 1 is 1.16 bits per heavy atom. The molecule has 1 rings (SSSR count). The van der Waals surface area contributed by atoms with Gasteiger partial charge >= 0.3 is 11.9 Å². The van der Waals surface area contributed by atoms with Crippen molar-refractivity contribution in [1.29, 1.82) is 0 Å². The fourth-order valence-corrected chi connectivity index (χ4v) is 1.41. The Balaban J connectivity index is 3.19. The summed E-state index contributed by atoms with van der Waals surface area (Å²) in [6, 6.07) is 2.64. The van der Waals surface area contributed by atoms with Gasteiger partial charge in [-0.05, 0) is 12.1 Å². The number of methoxy groups -OCH3 is 2. The van der Waals surface area contributed by atoms with Gasteiger partial charge in [0, 0.05) is 5.69 Å². The van der Waals surface area contributed by atoms with Crippen LogP contribution in [-0.2, 0) is 14.3 Å². The number of halogens is 1.